The number of anilines is 1. The number of rotatable bonds is 4. The van der Waals surface area contributed by atoms with Crippen LogP contribution in [0, 0.1) is 6.92 Å². The second-order valence-corrected chi connectivity index (χ2v) is 4.29. The normalized spacial score (nSPS) is 10.2. The van der Waals surface area contributed by atoms with Crippen LogP contribution >= 0.6 is 11.6 Å². The van der Waals surface area contributed by atoms with Crippen molar-refractivity contribution in [2.45, 2.75) is 13.3 Å². The van der Waals surface area contributed by atoms with Crippen LogP contribution in [0.3, 0.4) is 0 Å². The predicted molar refractivity (Wildman–Crippen MR) is 71.2 cm³/mol. The van der Waals surface area contributed by atoms with Crippen molar-refractivity contribution in [2.24, 2.45) is 0 Å². The fourth-order valence-electron chi connectivity index (χ4n) is 1.43. The Morgan fingerprint density at radius 3 is 2.68 bits per heavy atom. The van der Waals surface area contributed by atoms with E-state index in [9.17, 15) is 4.79 Å². The van der Waals surface area contributed by atoms with Crippen molar-refractivity contribution in [3.05, 3.63) is 41.1 Å². The van der Waals surface area contributed by atoms with Gasteiger partial charge in [-0.15, -0.1) is 10.2 Å². The lowest BCUT2D eigenvalue weighted by Crippen LogP contribution is -2.30. The van der Waals surface area contributed by atoms with Crippen LogP contribution in [0.25, 0.3) is 0 Å². The molecule has 0 fully saturated rings. The van der Waals surface area contributed by atoms with Crippen LogP contribution in [-0.4, -0.2) is 22.8 Å². The van der Waals surface area contributed by atoms with Crippen molar-refractivity contribution >= 4 is 23.3 Å². The number of carbonyl (C=O) groups is 1. The summed E-state index contributed by atoms with van der Waals surface area (Å²) in [4.78, 5) is 11.6. The number of amides is 2. The van der Waals surface area contributed by atoms with E-state index in [0.29, 0.717) is 35.5 Å². The lowest BCUT2D eigenvalue weighted by atomic mass is 10.3. The molecule has 6 nitrogen and oxygen atoms in total. The van der Waals surface area contributed by atoms with Gasteiger partial charge in [0.25, 0.3) is 0 Å². The van der Waals surface area contributed by atoms with E-state index >= 15 is 0 Å². The monoisotopic (exact) mass is 280 g/mol. The second kappa shape index (κ2) is 6.19. The number of hydrogen-bond donors (Lipinski definition) is 2. The summed E-state index contributed by atoms with van der Waals surface area (Å²) in [7, 11) is 0. The van der Waals surface area contributed by atoms with Crippen molar-refractivity contribution < 1.29 is 9.21 Å². The number of urea groups is 1. The molecule has 0 saturated heterocycles. The molecule has 0 spiro atoms. The Morgan fingerprint density at radius 1 is 1.32 bits per heavy atom. The maximum absolute atomic E-state index is 11.6. The summed E-state index contributed by atoms with van der Waals surface area (Å²) in [5.74, 6) is 1.02. The first kappa shape index (κ1) is 13.4. The molecule has 2 aromatic rings. The van der Waals surface area contributed by atoms with Crippen molar-refractivity contribution in [2.75, 3.05) is 11.9 Å². The van der Waals surface area contributed by atoms with Gasteiger partial charge in [-0.25, -0.2) is 4.79 Å². The van der Waals surface area contributed by atoms with Crippen LogP contribution in [0.2, 0.25) is 5.02 Å². The van der Waals surface area contributed by atoms with Gasteiger partial charge in [0.2, 0.25) is 11.8 Å². The molecule has 0 bridgehead atoms. The molecule has 0 atom stereocenters. The standard InChI is InChI=1S/C12H13ClN4O2/c1-8-16-17-11(19-8)6-7-14-12(18)15-10-4-2-9(13)3-5-10/h2-5H,6-7H2,1H3,(H2,14,15,18). The lowest BCUT2D eigenvalue weighted by molar-refractivity contribution is 0.252. The van der Waals surface area contributed by atoms with E-state index in [0.717, 1.165) is 0 Å². The summed E-state index contributed by atoms with van der Waals surface area (Å²) < 4.78 is 5.19. The number of hydrogen-bond acceptors (Lipinski definition) is 4. The second-order valence-electron chi connectivity index (χ2n) is 3.85. The molecule has 1 aromatic carbocycles. The molecule has 7 heteroatoms. The number of carbonyl (C=O) groups excluding carboxylic acids is 1. The van der Waals surface area contributed by atoms with Crippen molar-refractivity contribution in [3.8, 4) is 0 Å². The number of nitrogens with one attached hydrogen (secondary N) is 2. The third kappa shape index (κ3) is 4.26. The Kier molecular flexibility index (Phi) is 4.35. The van der Waals surface area contributed by atoms with Gasteiger partial charge in [0.05, 0.1) is 0 Å². The smallest absolute Gasteiger partial charge is 0.319 e. The fraction of sp³-hybridized carbons (Fsp3) is 0.250. The number of benzene rings is 1. The minimum Gasteiger partial charge on any atom is -0.426 e. The molecule has 2 rings (SSSR count). The summed E-state index contributed by atoms with van der Waals surface area (Å²) in [6.45, 7) is 2.14. The lowest BCUT2D eigenvalue weighted by Gasteiger charge is -2.06. The summed E-state index contributed by atoms with van der Waals surface area (Å²) in [5.41, 5.74) is 0.676. The third-order valence-electron chi connectivity index (χ3n) is 2.29. The van der Waals surface area contributed by atoms with E-state index in [1.165, 1.54) is 0 Å². The van der Waals surface area contributed by atoms with Crippen LogP contribution in [0.1, 0.15) is 11.8 Å². The average molecular weight is 281 g/mol. The molecule has 19 heavy (non-hydrogen) atoms. The molecule has 0 saturated carbocycles. The largest absolute Gasteiger partial charge is 0.426 e. The van der Waals surface area contributed by atoms with E-state index in [-0.39, 0.29) is 6.03 Å². The minimum atomic E-state index is -0.293. The highest BCUT2D eigenvalue weighted by molar-refractivity contribution is 6.30. The zero-order chi connectivity index (χ0) is 13.7. The Labute approximate surface area is 115 Å². The molecule has 0 unspecified atom stereocenters. The maximum atomic E-state index is 11.6. The van der Waals surface area contributed by atoms with Gasteiger partial charge in [-0.05, 0) is 24.3 Å². The minimum absolute atomic E-state index is 0.293. The van der Waals surface area contributed by atoms with E-state index in [1.54, 1.807) is 31.2 Å². The Hall–Kier alpha value is -2.08. The highest BCUT2D eigenvalue weighted by atomic mass is 35.5. The molecule has 2 N–H and O–H groups in total. The van der Waals surface area contributed by atoms with E-state index < -0.39 is 0 Å². The quantitative estimate of drug-likeness (QED) is 0.901. The van der Waals surface area contributed by atoms with E-state index in [4.69, 9.17) is 16.0 Å². The first-order chi connectivity index (χ1) is 9.13. The van der Waals surface area contributed by atoms with Gasteiger partial charge in [0.1, 0.15) is 0 Å². The molecule has 2 amide bonds. The number of halogens is 1. The zero-order valence-corrected chi connectivity index (χ0v) is 11.1. The van der Waals surface area contributed by atoms with Crippen molar-refractivity contribution in [3.63, 3.8) is 0 Å². The molecular formula is C12H13ClN4O2. The first-order valence-electron chi connectivity index (χ1n) is 5.73. The first-order valence-corrected chi connectivity index (χ1v) is 6.11. The summed E-state index contributed by atoms with van der Waals surface area (Å²) >= 11 is 5.75. The highest BCUT2D eigenvalue weighted by Crippen LogP contribution is 2.12. The summed E-state index contributed by atoms with van der Waals surface area (Å²) in [6.07, 6.45) is 0.495. The number of nitrogens with zero attached hydrogens (tertiary/aromatic N) is 2. The molecule has 0 aliphatic carbocycles. The van der Waals surface area contributed by atoms with Gasteiger partial charge in [-0.3, -0.25) is 0 Å². The molecule has 0 radical (unpaired) electrons. The maximum Gasteiger partial charge on any atom is 0.319 e. The Morgan fingerprint density at radius 2 is 2.05 bits per heavy atom. The average Bonchev–Trinajstić information content (AvgIpc) is 2.78. The van der Waals surface area contributed by atoms with Crippen LogP contribution in [0.15, 0.2) is 28.7 Å². The van der Waals surface area contributed by atoms with E-state index in [2.05, 4.69) is 20.8 Å². The third-order valence-corrected chi connectivity index (χ3v) is 2.55. The highest BCUT2D eigenvalue weighted by Gasteiger charge is 2.04. The fourth-order valence-corrected chi connectivity index (χ4v) is 1.56. The molecule has 0 aliphatic heterocycles. The molecule has 1 heterocycles. The van der Waals surface area contributed by atoms with Gasteiger partial charge in [-0.2, -0.15) is 0 Å². The summed E-state index contributed by atoms with van der Waals surface area (Å²) in [5, 5.41) is 13.5. The number of aryl methyl sites for hydroxylation is 1. The van der Waals surface area contributed by atoms with Gasteiger partial charge >= 0.3 is 6.03 Å². The van der Waals surface area contributed by atoms with Gasteiger partial charge in [-0.1, -0.05) is 11.6 Å². The van der Waals surface area contributed by atoms with Gasteiger partial charge in [0.15, 0.2) is 0 Å². The predicted octanol–water partition coefficient (Wildman–Crippen LogP) is 2.40. The SMILES string of the molecule is Cc1nnc(CCNC(=O)Nc2ccc(Cl)cc2)o1. The molecule has 1 aromatic heterocycles. The van der Waals surface area contributed by atoms with Crippen LogP contribution in [0.4, 0.5) is 10.5 Å². The van der Waals surface area contributed by atoms with Crippen molar-refractivity contribution in [1.29, 1.82) is 0 Å². The van der Waals surface area contributed by atoms with Crippen LogP contribution < -0.4 is 10.6 Å². The topological polar surface area (TPSA) is 80.0 Å². The molecular weight excluding hydrogens is 268 g/mol. The van der Waals surface area contributed by atoms with Crippen LogP contribution in [-0.2, 0) is 6.42 Å². The number of aromatic nitrogens is 2. The molecule has 0 aliphatic rings. The Bertz CT molecular complexity index is 553. The summed E-state index contributed by atoms with van der Waals surface area (Å²) in [6, 6.07) is 6.57. The zero-order valence-electron chi connectivity index (χ0n) is 10.3. The Balaban J connectivity index is 1.74. The van der Waals surface area contributed by atoms with Gasteiger partial charge in [0, 0.05) is 30.6 Å². The van der Waals surface area contributed by atoms with E-state index in [1.807, 2.05) is 0 Å². The van der Waals surface area contributed by atoms with Gasteiger partial charge < -0.3 is 15.1 Å². The van der Waals surface area contributed by atoms with Crippen LogP contribution in [0.5, 0.6) is 0 Å². The molecule has 100 valence electrons. The van der Waals surface area contributed by atoms with Crippen molar-refractivity contribution in [1.82, 2.24) is 15.5 Å².